The third kappa shape index (κ3) is 6.87. The Morgan fingerprint density at radius 1 is 1.00 bits per heavy atom. The van der Waals surface area contributed by atoms with Crippen molar-refractivity contribution >= 4 is 58.5 Å². The molecule has 1 N–H and O–H groups in total. The van der Waals surface area contributed by atoms with E-state index < -0.39 is 11.9 Å². The molecule has 3 rings (SSSR count). The molecule has 35 heavy (non-hydrogen) atoms. The Bertz CT molecular complexity index is 1230. The third-order valence-electron chi connectivity index (χ3n) is 4.57. The molecular formula is C22H20Cl2N4O6S. The van der Waals surface area contributed by atoms with Gasteiger partial charge in [-0.2, -0.15) is 0 Å². The van der Waals surface area contributed by atoms with E-state index in [1.807, 2.05) is 0 Å². The van der Waals surface area contributed by atoms with Crippen molar-refractivity contribution < 1.29 is 28.6 Å². The van der Waals surface area contributed by atoms with Crippen molar-refractivity contribution in [3.05, 3.63) is 63.4 Å². The first-order valence-corrected chi connectivity index (χ1v) is 11.7. The monoisotopic (exact) mass is 538 g/mol. The van der Waals surface area contributed by atoms with Crippen LogP contribution in [0.4, 0.5) is 5.69 Å². The van der Waals surface area contributed by atoms with Crippen LogP contribution in [0.3, 0.4) is 0 Å². The number of anilines is 1. The number of thioether (sulfide) groups is 1. The summed E-state index contributed by atoms with van der Waals surface area (Å²) in [5, 5.41) is 12.2. The van der Waals surface area contributed by atoms with Crippen LogP contribution in [0.15, 0.2) is 41.6 Å². The summed E-state index contributed by atoms with van der Waals surface area (Å²) in [5.41, 5.74) is 0.431. The van der Waals surface area contributed by atoms with Gasteiger partial charge in [0, 0.05) is 17.8 Å². The zero-order chi connectivity index (χ0) is 25.5. The zero-order valence-electron chi connectivity index (χ0n) is 18.8. The maximum absolute atomic E-state index is 12.5. The lowest BCUT2D eigenvalue weighted by Crippen LogP contribution is -2.16. The van der Waals surface area contributed by atoms with E-state index in [9.17, 15) is 14.4 Å². The first kappa shape index (κ1) is 26.3. The van der Waals surface area contributed by atoms with E-state index in [0.29, 0.717) is 26.8 Å². The van der Waals surface area contributed by atoms with Gasteiger partial charge in [0.2, 0.25) is 5.91 Å². The molecule has 0 fully saturated rings. The van der Waals surface area contributed by atoms with Crippen LogP contribution in [0, 0.1) is 0 Å². The largest absolute Gasteiger partial charge is 0.484 e. The van der Waals surface area contributed by atoms with Crippen molar-refractivity contribution in [2.24, 2.45) is 7.05 Å². The highest BCUT2D eigenvalue weighted by Gasteiger charge is 2.16. The molecule has 0 atom stereocenters. The lowest BCUT2D eigenvalue weighted by Gasteiger charge is -2.10. The summed E-state index contributed by atoms with van der Waals surface area (Å²) in [6, 6.07) is 9.02. The first-order valence-electron chi connectivity index (χ1n) is 9.92. The number of rotatable bonds is 9. The van der Waals surface area contributed by atoms with Gasteiger partial charge >= 0.3 is 11.9 Å². The molecular weight excluding hydrogens is 519 g/mol. The van der Waals surface area contributed by atoms with E-state index in [2.05, 4.69) is 15.5 Å². The molecule has 184 valence electrons. The van der Waals surface area contributed by atoms with Gasteiger partial charge < -0.3 is 24.1 Å². The second kappa shape index (κ2) is 11.9. The Balaban J connectivity index is 1.62. The van der Waals surface area contributed by atoms with E-state index in [4.69, 9.17) is 37.4 Å². The molecule has 0 aliphatic heterocycles. The maximum atomic E-state index is 12.5. The highest BCUT2D eigenvalue weighted by atomic mass is 35.5. The van der Waals surface area contributed by atoms with Gasteiger partial charge in [-0.1, -0.05) is 35.0 Å². The fourth-order valence-corrected chi connectivity index (χ4v) is 4.02. The average Bonchev–Trinajstić information content (AvgIpc) is 3.20. The molecule has 2 aromatic carbocycles. The maximum Gasteiger partial charge on any atom is 0.337 e. The van der Waals surface area contributed by atoms with Crippen LogP contribution in [0.25, 0.3) is 0 Å². The highest BCUT2D eigenvalue weighted by molar-refractivity contribution is 7.99. The molecule has 1 heterocycles. The molecule has 10 nitrogen and oxygen atoms in total. The number of ether oxygens (including phenoxy) is 3. The summed E-state index contributed by atoms with van der Waals surface area (Å²) in [4.78, 5) is 36.3. The molecule has 1 aromatic heterocycles. The minimum Gasteiger partial charge on any atom is -0.484 e. The van der Waals surface area contributed by atoms with Crippen molar-refractivity contribution in [2.75, 3.05) is 25.3 Å². The highest BCUT2D eigenvalue weighted by Crippen LogP contribution is 2.28. The molecule has 0 aliphatic carbocycles. The standard InChI is InChI=1S/C22H20Cl2N4O6S/c1-28-18(10-34-17-5-4-14(23)9-16(17)24)26-27-22(28)35-11-19(29)25-15-7-12(20(30)32-2)6-13(8-15)21(31)33-3/h4-9H,10-11H2,1-3H3,(H,25,29). The Morgan fingerprint density at radius 2 is 1.66 bits per heavy atom. The predicted molar refractivity (Wildman–Crippen MR) is 130 cm³/mol. The van der Waals surface area contributed by atoms with Crippen LogP contribution in [-0.4, -0.2) is 52.6 Å². The minimum absolute atomic E-state index is 0.00808. The van der Waals surface area contributed by atoms with E-state index >= 15 is 0 Å². The summed E-state index contributed by atoms with van der Waals surface area (Å²) in [5.74, 6) is -0.739. The molecule has 0 radical (unpaired) electrons. The van der Waals surface area contributed by atoms with E-state index in [-0.39, 0.29) is 35.1 Å². The van der Waals surface area contributed by atoms with E-state index in [1.54, 1.807) is 29.8 Å². The molecule has 0 unspecified atom stereocenters. The molecule has 0 saturated heterocycles. The van der Waals surface area contributed by atoms with Crippen molar-refractivity contribution in [3.8, 4) is 5.75 Å². The average molecular weight is 539 g/mol. The number of halogens is 2. The summed E-state index contributed by atoms with van der Waals surface area (Å²) in [7, 11) is 4.17. The third-order valence-corrected chi connectivity index (χ3v) is 6.12. The van der Waals surface area contributed by atoms with Crippen molar-refractivity contribution in [2.45, 2.75) is 11.8 Å². The summed E-state index contributed by atoms with van der Waals surface area (Å²) < 4.78 is 16.8. The van der Waals surface area contributed by atoms with E-state index in [0.717, 1.165) is 11.8 Å². The van der Waals surface area contributed by atoms with Crippen LogP contribution < -0.4 is 10.1 Å². The molecule has 13 heteroatoms. The first-order chi connectivity index (χ1) is 16.7. The summed E-state index contributed by atoms with van der Waals surface area (Å²) >= 11 is 13.1. The lowest BCUT2D eigenvalue weighted by atomic mass is 10.1. The number of esters is 2. The number of carbonyl (C=O) groups is 3. The van der Waals surface area contributed by atoms with Crippen LogP contribution >= 0.6 is 35.0 Å². The fraction of sp³-hybridized carbons (Fsp3) is 0.227. The zero-order valence-corrected chi connectivity index (χ0v) is 21.2. The van der Waals surface area contributed by atoms with E-state index in [1.165, 1.54) is 32.4 Å². The van der Waals surface area contributed by atoms with Gasteiger partial charge in [-0.25, -0.2) is 9.59 Å². The smallest absolute Gasteiger partial charge is 0.337 e. The molecule has 0 spiro atoms. The van der Waals surface area contributed by atoms with Crippen LogP contribution in [-0.2, 0) is 27.9 Å². The molecule has 0 aliphatic rings. The van der Waals surface area contributed by atoms with Crippen LogP contribution in [0.1, 0.15) is 26.5 Å². The number of methoxy groups -OCH3 is 2. The number of hydrogen-bond acceptors (Lipinski definition) is 9. The number of carbonyl (C=O) groups excluding carboxylic acids is 3. The normalized spacial score (nSPS) is 10.5. The molecule has 0 saturated carbocycles. The molecule has 0 bridgehead atoms. The number of benzene rings is 2. The Labute approximate surface area is 214 Å². The van der Waals surface area contributed by atoms with Crippen LogP contribution in [0.5, 0.6) is 5.75 Å². The Kier molecular flexibility index (Phi) is 8.96. The van der Waals surface area contributed by atoms with Gasteiger partial charge in [0.05, 0.1) is 36.1 Å². The number of nitrogens with zero attached hydrogens (tertiary/aromatic N) is 3. The van der Waals surface area contributed by atoms with Gasteiger partial charge in [-0.3, -0.25) is 4.79 Å². The SMILES string of the molecule is COC(=O)c1cc(NC(=O)CSc2nnc(COc3ccc(Cl)cc3Cl)n2C)cc(C(=O)OC)c1. The van der Waals surface area contributed by atoms with Gasteiger partial charge in [-0.15, -0.1) is 10.2 Å². The number of nitrogens with one attached hydrogen (secondary N) is 1. The van der Waals surface area contributed by atoms with Crippen LogP contribution in [0.2, 0.25) is 10.0 Å². The number of amides is 1. The second-order valence-corrected chi connectivity index (χ2v) is 8.73. The molecule has 3 aromatic rings. The summed E-state index contributed by atoms with van der Waals surface area (Å²) in [6.07, 6.45) is 0. The number of hydrogen-bond donors (Lipinski definition) is 1. The fourth-order valence-electron chi connectivity index (χ4n) is 2.83. The minimum atomic E-state index is -0.658. The summed E-state index contributed by atoms with van der Waals surface area (Å²) in [6.45, 7) is 0.105. The quantitative estimate of drug-likeness (QED) is 0.318. The van der Waals surface area contributed by atoms with Crippen molar-refractivity contribution in [1.82, 2.24) is 14.8 Å². The van der Waals surface area contributed by atoms with Crippen molar-refractivity contribution in [1.29, 1.82) is 0 Å². The Hall–Kier alpha value is -3.28. The number of aromatic nitrogens is 3. The lowest BCUT2D eigenvalue weighted by molar-refractivity contribution is -0.113. The topological polar surface area (TPSA) is 122 Å². The predicted octanol–water partition coefficient (Wildman–Crippen LogP) is 4.00. The van der Waals surface area contributed by atoms with Gasteiger partial charge in [0.15, 0.2) is 11.0 Å². The van der Waals surface area contributed by atoms with Gasteiger partial charge in [-0.05, 0) is 36.4 Å². The Morgan fingerprint density at radius 3 is 2.26 bits per heavy atom. The van der Waals surface area contributed by atoms with Gasteiger partial charge in [0.1, 0.15) is 12.4 Å². The molecule has 1 amide bonds. The van der Waals surface area contributed by atoms with Crippen molar-refractivity contribution in [3.63, 3.8) is 0 Å². The second-order valence-electron chi connectivity index (χ2n) is 6.94. The van der Waals surface area contributed by atoms with Gasteiger partial charge in [0.25, 0.3) is 0 Å².